The van der Waals surface area contributed by atoms with Crippen molar-refractivity contribution in [3.63, 3.8) is 0 Å². The van der Waals surface area contributed by atoms with Crippen LogP contribution in [0.15, 0.2) is 24.3 Å². The van der Waals surface area contributed by atoms with E-state index in [0.29, 0.717) is 26.2 Å². The second-order valence-corrected chi connectivity index (χ2v) is 4.69. The highest BCUT2D eigenvalue weighted by atomic mass is 16.6. The van der Waals surface area contributed by atoms with Crippen molar-refractivity contribution in [2.45, 2.75) is 25.2 Å². The zero-order valence-electron chi connectivity index (χ0n) is 11.8. The number of Topliss-reactive ketones (excluding diaryl/α,β-unsaturated/α-hetero) is 1. The molecule has 1 fully saturated rings. The third kappa shape index (κ3) is 3.79. The molecule has 0 saturated heterocycles. The van der Waals surface area contributed by atoms with Gasteiger partial charge in [0.2, 0.25) is 0 Å². The van der Waals surface area contributed by atoms with E-state index < -0.39 is 6.10 Å². The molecule has 2 unspecified atom stereocenters. The van der Waals surface area contributed by atoms with Crippen LogP contribution in [0.2, 0.25) is 0 Å². The zero-order valence-corrected chi connectivity index (χ0v) is 11.8. The van der Waals surface area contributed by atoms with Crippen LogP contribution >= 0.6 is 0 Å². The van der Waals surface area contributed by atoms with Crippen molar-refractivity contribution in [3.05, 3.63) is 29.8 Å². The molecule has 1 aliphatic rings. The normalized spacial score (nSPS) is 21.6. The highest BCUT2D eigenvalue weighted by Crippen LogP contribution is 2.26. The number of carbonyl (C=O) groups is 1. The minimum absolute atomic E-state index is 0.0825. The van der Waals surface area contributed by atoms with Gasteiger partial charge in [-0.3, -0.25) is 4.79 Å². The van der Waals surface area contributed by atoms with Gasteiger partial charge in [0.1, 0.15) is 11.9 Å². The van der Waals surface area contributed by atoms with E-state index in [-0.39, 0.29) is 11.9 Å². The van der Waals surface area contributed by atoms with Gasteiger partial charge in [0.15, 0.2) is 11.9 Å². The first-order chi connectivity index (χ1) is 9.74. The van der Waals surface area contributed by atoms with Gasteiger partial charge in [-0.2, -0.15) is 0 Å². The lowest BCUT2D eigenvalue weighted by molar-refractivity contribution is -0.156. The van der Waals surface area contributed by atoms with Crippen LogP contribution in [0.5, 0.6) is 5.75 Å². The van der Waals surface area contributed by atoms with Crippen molar-refractivity contribution in [1.29, 1.82) is 0 Å². The Kier molecular flexibility index (Phi) is 5.52. The molecule has 0 N–H and O–H groups in total. The number of ketones is 1. The molecule has 2 rings (SSSR count). The first-order valence-electron chi connectivity index (χ1n) is 6.62. The van der Waals surface area contributed by atoms with Crippen LogP contribution in [0, 0.1) is 0 Å². The van der Waals surface area contributed by atoms with Gasteiger partial charge in [0, 0.05) is 20.6 Å². The number of rotatable bonds is 8. The van der Waals surface area contributed by atoms with E-state index in [9.17, 15) is 4.79 Å². The molecule has 5 nitrogen and oxygen atoms in total. The molecule has 1 aromatic rings. The Labute approximate surface area is 118 Å². The average Bonchev–Trinajstić information content (AvgIpc) is 2.44. The number of methoxy groups -OCH3 is 2. The van der Waals surface area contributed by atoms with Crippen molar-refractivity contribution in [1.82, 2.24) is 0 Å². The lowest BCUT2D eigenvalue weighted by atomic mass is 9.90. The third-order valence-corrected chi connectivity index (χ3v) is 3.14. The molecule has 0 bridgehead atoms. The Hall–Kier alpha value is -1.43. The summed E-state index contributed by atoms with van der Waals surface area (Å²) in [4.78, 5) is 11.5. The molecular weight excluding hydrogens is 260 g/mol. The minimum atomic E-state index is -0.476. The standard InChI is InChI=1S/C15H20O5/c1-17-6-7-19-15-13(16)9-14(15)20-12-5-3-4-11(8-12)10-18-2/h3-5,8,14-15H,6-7,9-10H2,1-2H3. The van der Waals surface area contributed by atoms with Crippen LogP contribution in [-0.4, -0.2) is 45.4 Å². The summed E-state index contributed by atoms with van der Waals surface area (Å²) < 4.78 is 21.3. The van der Waals surface area contributed by atoms with E-state index in [1.807, 2.05) is 24.3 Å². The van der Waals surface area contributed by atoms with E-state index in [2.05, 4.69) is 0 Å². The van der Waals surface area contributed by atoms with E-state index in [4.69, 9.17) is 18.9 Å². The summed E-state index contributed by atoms with van der Waals surface area (Å²) in [6, 6.07) is 7.66. The molecule has 0 aliphatic heterocycles. The van der Waals surface area contributed by atoms with Gasteiger partial charge < -0.3 is 18.9 Å². The molecule has 2 atom stereocenters. The topological polar surface area (TPSA) is 54.0 Å². The summed E-state index contributed by atoms with van der Waals surface area (Å²) in [5.74, 6) is 0.816. The van der Waals surface area contributed by atoms with Crippen molar-refractivity contribution in [2.24, 2.45) is 0 Å². The Bertz CT molecular complexity index is 446. The molecule has 0 radical (unpaired) electrons. The maximum atomic E-state index is 11.5. The average molecular weight is 280 g/mol. The predicted octanol–water partition coefficient (Wildman–Crippen LogP) is 1.58. The van der Waals surface area contributed by atoms with Gasteiger partial charge in [0.05, 0.1) is 19.8 Å². The smallest absolute Gasteiger partial charge is 0.169 e. The van der Waals surface area contributed by atoms with E-state index in [0.717, 1.165) is 11.3 Å². The van der Waals surface area contributed by atoms with Crippen molar-refractivity contribution in [2.75, 3.05) is 27.4 Å². The summed E-state index contributed by atoms with van der Waals surface area (Å²) in [7, 11) is 3.25. The maximum Gasteiger partial charge on any atom is 0.169 e. The lowest BCUT2D eigenvalue weighted by Gasteiger charge is -2.34. The molecule has 20 heavy (non-hydrogen) atoms. The van der Waals surface area contributed by atoms with Crippen LogP contribution in [0.4, 0.5) is 0 Å². The van der Waals surface area contributed by atoms with Gasteiger partial charge in [-0.1, -0.05) is 12.1 Å². The van der Waals surface area contributed by atoms with Crippen molar-refractivity contribution < 1.29 is 23.7 Å². The Morgan fingerprint density at radius 1 is 1.20 bits per heavy atom. The van der Waals surface area contributed by atoms with E-state index >= 15 is 0 Å². The summed E-state index contributed by atoms with van der Waals surface area (Å²) in [5.41, 5.74) is 1.03. The first-order valence-corrected chi connectivity index (χ1v) is 6.62. The number of carbonyl (C=O) groups excluding carboxylic acids is 1. The molecule has 1 saturated carbocycles. The fourth-order valence-corrected chi connectivity index (χ4v) is 2.08. The van der Waals surface area contributed by atoms with Crippen molar-refractivity contribution in [3.8, 4) is 5.75 Å². The van der Waals surface area contributed by atoms with Gasteiger partial charge in [-0.25, -0.2) is 0 Å². The fourth-order valence-electron chi connectivity index (χ4n) is 2.08. The van der Waals surface area contributed by atoms with Gasteiger partial charge in [-0.05, 0) is 17.7 Å². The molecule has 1 aromatic carbocycles. The fraction of sp³-hybridized carbons (Fsp3) is 0.533. The maximum absolute atomic E-state index is 11.5. The summed E-state index contributed by atoms with van der Waals surface area (Å²) in [6.07, 6.45) is -0.292. The number of benzene rings is 1. The lowest BCUT2D eigenvalue weighted by Crippen LogP contribution is -2.52. The number of hydrogen-bond acceptors (Lipinski definition) is 5. The monoisotopic (exact) mass is 280 g/mol. The molecule has 0 heterocycles. The molecule has 5 heteroatoms. The van der Waals surface area contributed by atoms with Crippen LogP contribution in [-0.2, 0) is 25.6 Å². The minimum Gasteiger partial charge on any atom is -0.487 e. The number of ether oxygens (including phenoxy) is 4. The van der Waals surface area contributed by atoms with Crippen molar-refractivity contribution >= 4 is 5.78 Å². The predicted molar refractivity (Wildman–Crippen MR) is 72.8 cm³/mol. The molecule has 0 spiro atoms. The summed E-state index contributed by atoms with van der Waals surface area (Å²) in [5, 5.41) is 0. The van der Waals surface area contributed by atoms with Gasteiger partial charge >= 0.3 is 0 Å². The molecule has 0 aromatic heterocycles. The van der Waals surface area contributed by atoms with Crippen LogP contribution in [0.3, 0.4) is 0 Å². The van der Waals surface area contributed by atoms with Crippen LogP contribution in [0.1, 0.15) is 12.0 Å². The Balaban J connectivity index is 1.89. The zero-order chi connectivity index (χ0) is 14.4. The van der Waals surface area contributed by atoms with Crippen LogP contribution < -0.4 is 4.74 Å². The Morgan fingerprint density at radius 2 is 2.05 bits per heavy atom. The summed E-state index contributed by atoms with van der Waals surface area (Å²) >= 11 is 0. The van der Waals surface area contributed by atoms with E-state index in [1.165, 1.54) is 0 Å². The molecule has 1 aliphatic carbocycles. The van der Waals surface area contributed by atoms with Gasteiger partial charge in [-0.15, -0.1) is 0 Å². The highest BCUT2D eigenvalue weighted by Gasteiger charge is 2.42. The van der Waals surface area contributed by atoms with Crippen LogP contribution in [0.25, 0.3) is 0 Å². The molecule has 110 valence electrons. The second-order valence-electron chi connectivity index (χ2n) is 4.69. The highest BCUT2D eigenvalue weighted by molar-refractivity contribution is 5.90. The van der Waals surface area contributed by atoms with E-state index in [1.54, 1.807) is 14.2 Å². The first kappa shape index (κ1) is 15.0. The summed E-state index contributed by atoms with van der Waals surface area (Å²) in [6.45, 7) is 1.41. The second kappa shape index (κ2) is 7.38. The molecular formula is C15H20O5. The molecule has 0 amide bonds. The third-order valence-electron chi connectivity index (χ3n) is 3.14. The quantitative estimate of drug-likeness (QED) is 0.677. The SMILES string of the molecule is COCCOC1C(=O)CC1Oc1cccc(COC)c1. The Morgan fingerprint density at radius 3 is 2.75 bits per heavy atom. The van der Waals surface area contributed by atoms with Gasteiger partial charge in [0.25, 0.3) is 0 Å². The largest absolute Gasteiger partial charge is 0.487 e. The number of hydrogen-bond donors (Lipinski definition) is 0.